The van der Waals surface area contributed by atoms with E-state index in [1.165, 1.54) is 154 Å². The van der Waals surface area contributed by atoms with Gasteiger partial charge in [0.1, 0.15) is 13.2 Å². The second kappa shape index (κ2) is 50.3. The average Bonchev–Trinajstić information content (AvgIpc) is 3.26. The highest BCUT2D eigenvalue weighted by Crippen LogP contribution is 2.16. The lowest BCUT2D eigenvalue weighted by molar-refractivity contribution is -0.167. The third-order valence-electron chi connectivity index (χ3n) is 11.7. The maximum atomic E-state index is 12.8. The number of hydrogen-bond donors (Lipinski definition) is 0. The molecule has 0 heterocycles. The highest BCUT2D eigenvalue weighted by molar-refractivity contribution is 5.71. The third kappa shape index (κ3) is 48.5. The van der Waals surface area contributed by atoms with Crippen LogP contribution in [0.3, 0.4) is 0 Å². The minimum atomic E-state index is -0.777. The molecular formula is C55H100O6. The van der Waals surface area contributed by atoms with E-state index in [1.54, 1.807) is 0 Å². The van der Waals surface area contributed by atoms with Gasteiger partial charge >= 0.3 is 17.9 Å². The van der Waals surface area contributed by atoms with E-state index in [0.717, 1.165) is 83.5 Å². The van der Waals surface area contributed by atoms with Crippen molar-refractivity contribution in [3.63, 3.8) is 0 Å². The lowest BCUT2D eigenvalue weighted by Gasteiger charge is -2.18. The maximum absolute atomic E-state index is 12.8. The predicted molar refractivity (Wildman–Crippen MR) is 261 cm³/mol. The summed E-state index contributed by atoms with van der Waals surface area (Å²) in [5.41, 5.74) is 0. The second-order valence-electron chi connectivity index (χ2n) is 17.8. The number of allylic oxidation sites excluding steroid dienone is 6. The van der Waals surface area contributed by atoms with Gasteiger partial charge in [-0.1, -0.05) is 256 Å². The van der Waals surface area contributed by atoms with Gasteiger partial charge in [-0.2, -0.15) is 0 Å². The first-order valence-electron chi connectivity index (χ1n) is 26.5. The van der Waals surface area contributed by atoms with E-state index < -0.39 is 6.10 Å². The molecule has 0 rings (SSSR count). The molecule has 0 amide bonds. The fourth-order valence-electron chi connectivity index (χ4n) is 7.74. The normalized spacial score (nSPS) is 12.2. The second-order valence-corrected chi connectivity index (χ2v) is 17.8. The van der Waals surface area contributed by atoms with E-state index in [0.29, 0.717) is 19.3 Å². The van der Waals surface area contributed by atoms with Crippen LogP contribution >= 0.6 is 0 Å². The summed E-state index contributed by atoms with van der Waals surface area (Å²) in [6.07, 6.45) is 58.4. The quantitative estimate of drug-likeness (QED) is 0.0262. The number of rotatable bonds is 48. The molecule has 0 aromatic heterocycles. The largest absolute Gasteiger partial charge is 0.462 e. The zero-order valence-electron chi connectivity index (χ0n) is 40.7. The Morgan fingerprint density at radius 1 is 0.344 bits per heavy atom. The molecular weight excluding hydrogens is 757 g/mol. The fourth-order valence-corrected chi connectivity index (χ4v) is 7.74. The molecule has 0 aromatic carbocycles. The van der Waals surface area contributed by atoms with Gasteiger partial charge in [-0.15, -0.1) is 0 Å². The molecule has 1 unspecified atom stereocenters. The Labute approximate surface area is 378 Å². The molecule has 0 N–H and O–H groups in total. The van der Waals surface area contributed by atoms with Crippen LogP contribution in [0.1, 0.15) is 278 Å². The lowest BCUT2D eigenvalue weighted by atomic mass is 10.0. The van der Waals surface area contributed by atoms with Crippen LogP contribution in [0.5, 0.6) is 0 Å². The first-order chi connectivity index (χ1) is 30.0. The van der Waals surface area contributed by atoms with Crippen molar-refractivity contribution < 1.29 is 28.6 Å². The molecule has 0 aliphatic carbocycles. The summed E-state index contributed by atoms with van der Waals surface area (Å²) in [6.45, 7) is 6.52. The smallest absolute Gasteiger partial charge is 0.306 e. The summed E-state index contributed by atoms with van der Waals surface area (Å²) < 4.78 is 16.8. The van der Waals surface area contributed by atoms with Gasteiger partial charge in [0, 0.05) is 19.3 Å². The maximum Gasteiger partial charge on any atom is 0.306 e. The average molecular weight is 857 g/mol. The number of esters is 3. The van der Waals surface area contributed by atoms with Crippen LogP contribution < -0.4 is 0 Å². The molecule has 0 bridgehead atoms. The van der Waals surface area contributed by atoms with Crippen LogP contribution in [0.25, 0.3) is 0 Å². The summed E-state index contributed by atoms with van der Waals surface area (Å²) in [5.74, 6) is -0.883. The van der Waals surface area contributed by atoms with E-state index >= 15 is 0 Å². The number of ether oxygens (including phenoxy) is 3. The van der Waals surface area contributed by atoms with Crippen molar-refractivity contribution in [3.8, 4) is 0 Å². The van der Waals surface area contributed by atoms with Crippen molar-refractivity contribution in [1.29, 1.82) is 0 Å². The molecule has 0 radical (unpaired) electrons. The van der Waals surface area contributed by atoms with Crippen molar-refractivity contribution in [2.45, 2.75) is 284 Å². The Morgan fingerprint density at radius 2 is 0.639 bits per heavy atom. The van der Waals surface area contributed by atoms with Crippen LogP contribution in [0.4, 0.5) is 0 Å². The molecule has 6 heteroatoms. The third-order valence-corrected chi connectivity index (χ3v) is 11.7. The minimum Gasteiger partial charge on any atom is -0.462 e. The molecule has 1 atom stereocenters. The summed E-state index contributed by atoms with van der Waals surface area (Å²) in [6, 6.07) is 0. The van der Waals surface area contributed by atoms with Gasteiger partial charge in [-0.05, 0) is 38.5 Å². The summed E-state index contributed by atoms with van der Waals surface area (Å²) in [7, 11) is 0. The minimum absolute atomic E-state index is 0.0762. The summed E-state index contributed by atoms with van der Waals surface area (Å²) >= 11 is 0. The van der Waals surface area contributed by atoms with Crippen molar-refractivity contribution in [2.75, 3.05) is 13.2 Å². The summed E-state index contributed by atoms with van der Waals surface area (Å²) in [5, 5.41) is 0. The van der Waals surface area contributed by atoms with Gasteiger partial charge in [-0.25, -0.2) is 0 Å². The van der Waals surface area contributed by atoms with Gasteiger partial charge in [-0.3, -0.25) is 14.4 Å². The van der Waals surface area contributed by atoms with E-state index in [1.807, 2.05) is 0 Å². The molecule has 0 fully saturated rings. The first-order valence-corrected chi connectivity index (χ1v) is 26.5. The van der Waals surface area contributed by atoms with Crippen molar-refractivity contribution in [3.05, 3.63) is 36.5 Å². The molecule has 6 nitrogen and oxygen atoms in total. The van der Waals surface area contributed by atoms with Crippen LogP contribution in [-0.2, 0) is 28.6 Å². The molecule has 61 heavy (non-hydrogen) atoms. The van der Waals surface area contributed by atoms with Gasteiger partial charge in [0.15, 0.2) is 6.10 Å². The fraction of sp³-hybridized carbons (Fsp3) is 0.836. The van der Waals surface area contributed by atoms with E-state index in [4.69, 9.17) is 14.2 Å². The molecule has 0 aromatic rings. The molecule has 0 saturated heterocycles. The SMILES string of the molecule is CC/C=C/C=C/C=C/CCCCCCCC(=O)OC(COC(=O)CCCCCCCCCCCCCCC)COC(=O)CCCCCCCCCCCCCCCCCCC. The topological polar surface area (TPSA) is 78.9 Å². The van der Waals surface area contributed by atoms with Gasteiger partial charge in [0.05, 0.1) is 0 Å². The van der Waals surface area contributed by atoms with Gasteiger partial charge in [0.2, 0.25) is 0 Å². The molecule has 0 spiro atoms. The van der Waals surface area contributed by atoms with Crippen LogP contribution in [-0.4, -0.2) is 37.2 Å². The van der Waals surface area contributed by atoms with Gasteiger partial charge in [0.25, 0.3) is 0 Å². The van der Waals surface area contributed by atoms with Crippen LogP contribution in [0.15, 0.2) is 36.5 Å². The Kier molecular flexibility index (Phi) is 48.3. The molecule has 0 aliphatic heterocycles. The Balaban J connectivity index is 4.33. The standard InChI is InChI=1S/C55H100O6/c1-4-7-10-13-16-19-22-25-26-27-28-31-33-36-39-42-45-48-54(57)60-51-52(61-55(58)49-46-43-40-37-34-30-24-21-18-15-12-9-6-3)50-59-53(56)47-44-41-38-35-32-29-23-20-17-14-11-8-5-2/h9,12,15,18,21,24,52H,4-8,10-11,13-14,16-17,19-20,22-23,25-51H2,1-3H3/b12-9+,18-15+,24-21+. The Bertz CT molecular complexity index is 1030. The zero-order chi connectivity index (χ0) is 44.4. The van der Waals surface area contributed by atoms with Crippen molar-refractivity contribution in [2.24, 2.45) is 0 Å². The Hall–Kier alpha value is -2.37. The van der Waals surface area contributed by atoms with Crippen molar-refractivity contribution >= 4 is 17.9 Å². The molecule has 356 valence electrons. The van der Waals surface area contributed by atoms with E-state index in [-0.39, 0.29) is 31.1 Å². The summed E-state index contributed by atoms with van der Waals surface area (Å²) in [4.78, 5) is 38.0. The Morgan fingerprint density at radius 3 is 0.984 bits per heavy atom. The highest BCUT2D eigenvalue weighted by atomic mass is 16.6. The van der Waals surface area contributed by atoms with Gasteiger partial charge < -0.3 is 14.2 Å². The lowest BCUT2D eigenvalue weighted by Crippen LogP contribution is -2.30. The van der Waals surface area contributed by atoms with E-state index in [9.17, 15) is 14.4 Å². The van der Waals surface area contributed by atoms with Crippen molar-refractivity contribution in [1.82, 2.24) is 0 Å². The number of hydrogen-bond acceptors (Lipinski definition) is 6. The van der Waals surface area contributed by atoms with Crippen LogP contribution in [0.2, 0.25) is 0 Å². The molecule has 0 saturated carbocycles. The monoisotopic (exact) mass is 857 g/mol. The number of unbranched alkanes of at least 4 members (excludes halogenated alkanes) is 33. The first kappa shape index (κ1) is 58.6. The number of carbonyl (C=O) groups is 3. The molecule has 0 aliphatic rings. The van der Waals surface area contributed by atoms with Crippen LogP contribution in [0, 0.1) is 0 Å². The zero-order valence-corrected chi connectivity index (χ0v) is 40.7. The predicted octanol–water partition coefficient (Wildman–Crippen LogP) is 17.3. The number of carbonyl (C=O) groups excluding carboxylic acids is 3. The van der Waals surface area contributed by atoms with E-state index in [2.05, 4.69) is 57.2 Å². The highest BCUT2D eigenvalue weighted by Gasteiger charge is 2.19.